The van der Waals surface area contributed by atoms with Crippen LogP contribution in [0.3, 0.4) is 0 Å². The van der Waals surface area contributed by atoms with Crippen molar-refractivity contribution in [1.29, 1.82) is 0 Å². The molecule has 1 aliphatic carbocycles. The highest BCUT2D eigenvalue weighted by molar-refractivity contribution is 5.91. The predicted octanol–water partition coefficient (Wildman–Crippen LogP) is 5.29. The van der Waals surface area contributed by atoms with Crippen LogP contribution in [0.5, 0.6) is 11.5 Å². The number of nitrogens with zero attached hydrogens (tertiary/aromatic N) is 4. The maximum Gasteiger partial charge on any atom is 0.151 e. The first-order valence-corrected chi connectivity index (χ1v) is 11.8. The quantitative estimate of drug-likeness (QED) is 0.449. The molecule has 2 aromatic carbocycles. The number of nitrogen functional groups attached to an aromatic ring is 1. The van der Waals surface area contributed by atoms with E-state index < -0.39 is 0 Å². The van der Waals surface area contributed by atoms with Crippen molar-refractivity contribution in [1.82, 2.24) is 19.4 Å². The Bertz CT molecular complexity index is 1370. The molecular formula is C28H27N5O. The summed E-state index contributed by atoms with van der Waals surface area (Å²) < 4.78 is 8.23. The highest BCUT2D eigenvalue weighted by Crippen LogP contribution is 2.35. The van der Waals surface area contributed by atoms with E-state index in [4.69, 9.17) is 10.5 Å². The van der Waals surface area contributed by atoms with E-state index in [1.54, 1.807) is 6.33 Å². The topological polar surface area (TPSA) is 69.2 Å². The lowest BCUT2D eigenvalue weighted by Gasteiger charge is -2.30. The molecular weight excluding hydrogens is 422 g/mol. The second-order valence-electron chi connectivity index (χ2n) is 8.92. The normalized spacial score (nSPS) is 17.7. The van der Waals surface area contributed by atoms with E-state index in [0.717, 1.165) is 60.7 Å². The van der Waals surface area contributed by atoms with E-state index in [1.165, 1.54) is 11.3 Å². The van der Waals surface area contributed by atoms with E-state index in [2.05, 4.69) is 55.9 Å². The summed E-state index contributed by atoms with van der Waals surface area (Å²) >= 11 is 0. The minimum atomic E-state index is 0.510. The summed E-state index contributed by atoms with van der Waals surface area (Å²) in [5.74, 6) is 2.69. The number of fused-ring (bicyclic) bond motifs is 3. The number of benzene rings is 2. The third-order valence-corrected chi connectivity index (χ3v) is 6.66. The molecule has 34 heavy (non-hydrogen) atoms. The lowest BCUT2D eigenvalue weighted by Crippen LogP contribution is -2.34. The Labute approximate surface area is 199 Å². The summed E-state index contributed by atoms with van der Waals surface area (Å²) in [5.41, 5.74) is 11.8. The number of aromatic nitrogens is 3. The highest BCUT2D eigenvalue weighted by atomic mass is 16.5. The fraction of sp³-hybridized carbons (Fsp3) is 0.214. The zero-order valence-electron chi connectivity index (χ0n) is 19.0. The Kier molecular flexibility index (Phi) is 5.35. The van der Waals surface area contributed by atoms with E-state index >= 15 is 0 Å². The van der Waals surface area contributed by atoms with Crippen LogP contribution in [0.4, 0.5) is 5.82 Å². The molecule has 1 aliphatic heterocycles. The van der Waals surface area contributed by atoms with Gasteiger partial charge in [0.05, 0.1) is 5.52 Å². The minimum Gasteiger partial charge on any atom is -0.457 e. The van der Waals surface area contributed by atoms with Gasteiger partial charge in [0.25, 0.3) is 0 Å². The Morgan fingerprint density at radius 1 is 0.971 bits per heavy atom. The second-order valence-corrected chi connectivity index (χ2v) is 8.92. The fourth-order valence-corrected chi connectivity index (χ4v) is 5.06. The fourth-order valence-electron chi connectivity index (χ4n) is 5.06. The number of hydrogen-bond acceptors (Lipinski definition) is 5. The lowest BCUT2D eigenvalue weighted by molar-refractivity contribution is 0.229. The molecule has 4 aromatic rings. The average molecular weight is 450 g/mol. The molecule has 0 fully saturated rings. The number of nitrogens with two attached hydrogens (primary N) is 1. The molecule has 6 nitrogen and oxygen atoms in total. The molecule has 3 heterocycles. The molecule has 0 saturated carbocycles. The van der Waals surface area contributed by atoms with Crippen molar-refractivity contribution in [3.05, 3.63) is 96.5 Å². The molecule has 1 unspecified atom stereocenters. The third kappa shape index (κ3) is 3.86. The van der Waals surface area contributed by atoms with Gasteiger partial charge in [0.1, 0.15) is 23.3 Å². The van der Waals surface area contributed by atoms with Crippen molar-refractivity contribution in [3.8, 4) is 17.2 Å². The van der Waals surface area contributed by atoms with Crippen molar-refractivity contribution >= 4 is 16.9 Å². The van der Waals surface area contributed by atoms with Gasteiger partial charge in [0.2, 0.25) is 0 Å². The summed E-state index contributed by atoms with van der Waals surface area (Å²) in [6, 6.07) is 18.0. The lowest BCUT2D eigenvalue weighted by atomic mass is 9.98. The molecule has 6 rings (SSSR count). The van der Waals surface area contributed by atoms with Crippen LogP contribution in [-0.2, 0) is 13.0 Å². The van der Waals surface area contributed by atoms with Gasteiger partial charge in [0.15, 0.2) is 5.82 Å². The monoisotopic (exact) mass is 449 g/mol. The standard InChI is InChI=1S/C28H27N5O/c29-28-27-26(30-19-31-28)24-18-32(17-20-7-3-1-4-8-20)16-15-25(24)33(27)21-11-13-23(14-12-21)34-22-9-5-2-6-10-22/h1-7,9-14,19-20H,8,15-18H2,(H2,29,30,31). The summed E-state index contributed by atoms with van der Waals surface area (Å²) in [6.07, 6.45) is 12.5. The molecule has 2 aliphatic rings. The van der Waals surface area contributed by atoms with Gasteiger partial charge in [-0.1, -0.05) is 42.5 Å². The zero-order valence-corrected chi connectivity index (χ0v) is 19.0. The maximum absolute atomic E-state index is 6.40. The van der Waals surface area contributed by atoms with Gasteiger partial charge < -0.3 is 15.0 Å². The number of hydrogen-bond donors (Lipinski definition) is 1. The molecule has 0 saturated heterocycles. The van der Waals surface area contributed by atoms with Gasteiger partial charge in [-0.3, -0.25) is 4.90 Å². The minimum absolute atomic E-state index is 0.510. The number of para-hydroxylation sites is 1. The van der Waals surface area contributed by atoms with Gasteiger partial charge in [-0.2, -0.15) is 0 Å². The van der Waals surface area contributed by atoms with E-state index in [-0.39, 0.29) is 0 Å². The van der Waals surface area contributed by atoms with Gasteiger partial charge in [-0.15, -0.1) is 0 Å². The van der Waals surface area contributed by atoms with Crippen LogP contribution in [0.1, 0.15) is 17.7 Å². The molecule has 6 heteroatoms. The van der Waals surface area contributed by atoms with E-state index in [0.29, 0.717) is 11.7 Å². The highest BCUT2D eigenvalue weighted by Gasteiger charge is 2.27. The molecule has 0 amide bonds. The van der Waals surface area contributed by atoms with Crippen molar-refractivity contribution in [3.63, 3.8) is 0 Å². The number of rotatable bonds is 5. The van der Waals surface area contributed by atoms with Crippen LogP contribution in [0.2, 0.25) is 0 Å². The smallest absolute Gasteiger partial charge is 0.151 e. The summed E-state index contributed by atoms with van der Waals surface area (Å²) in [6.45, 7) is 2.94. The average Bonchev–Trinajstić information content (AvgIpc) is 3.21. The van der Waals surface area contributed by atoms with Crippen LogP contribution < -0.4 is 10.5 Å². The second kappa shape index (κ2) is 8.80. The first-order valence-electron chi connectivity index (χ1n) is 11.8. The maximum atomic E-state index is 6.40. The van der Waals surface area contributed by atoms with Crippen LogP contribution in [0.15, 0.2) is 85.2 Å². The van der Waals surface area contributed by atoms with Gasteiger partial charge in [-0.05, 0) is 48.7 Å². The molecule has 1 atom stereocenters. The first kappa shape index (κ1) is 20.7. The van der Waals surface area contributed by atoms with Crippen molar-refractivity contribution in [2.45, 2.75) is 19.4 Å². The van der Waals surface area contributed by atoms with Crippen molar-refractivity contribution in [2.75, 3.05) is 18.8 Å². The SMILES string of the molecule is Nc1ncnc2c3c(n(-c4ccc(Oc5ccccc5)cc4)c12)CCN(CC1C=CC=CC1)C3. The largest absolute Gasteiger partial charge is 0.457 e. The van der Waals surface area contributed by atoms with Crippen LogP contribution in [0, 0.1) is 5.92 Å². The number of ether oxygens (including phenoxy) is 1. The first-order chi connectivity index (χ1) is 16.8. The van der Waals surface area contributed by atoms with E-state index in [1.807, 2.05) is 42.5 Å². The summed E-state index contributed by atoms with van der Waals surface area (Å²) in [4.78, 5) is 11.5. The van der Waals surface area contributed by atoms with Gasteiger partial charge in [0, 0.05) is 43.0 Å². The number of anilines is 1. The Morgan fingerprint density at radius 3 is 2.59 bits per heavy atom. The van der Waals surface area contributed by atoms with Crippen LogP contribution >= 0.6 is 0 Å². The van der Waals surface area contributed by atoms with Gasteiger partial charge >= 0.3 is 0 Å². The predicted molar refractivity (Wildman–Crippen MR) is 135 cm³/mol. The summed E-state index contributed by atoms with van der Waals surface area (Å²) in [5, 5.41) is 0. The van der Waals surface area contributed by atoms with Crippen molar-refractivity contribution in [2.24, 2.45) is 5.92 Å². The van der Waals surface area contributed by atoms with Crippen LogP contribution in [0.25, 0.3) is 16.7 Å². The van der Waals surface area contributed by atoms with E-state index in [9.17, 15) is 0 Å². The Balaban J connectivity index is 1.34. The Morgan fingerprint density at radius 2 is 1.79 bits per heavy atom. The third-order valence-electron chi connectivity index (χ3n) is 6.66. The molecule has 0 spiro atoms. The van der Waals surface area contributed by atoms with Crippen molar-refractivity contribution < 1.29 is 4.74 Å². The zero-order chi connectivity index (χ0) is 22.9. The van der Waals surface area contributed by atoms with Crippen LogP contribution in [-0.4, -0.2) is 32.5 Å². The van der Waals surface area contributed by atoms with Gasteiger partial charge in [-0.25, -0.2) is 9.97 Å². The molecule has 2 aromatic heterocycles. The molecule has 0 radical (unpaired) electrons. The number of allylic oxidation sites excluding steroid dienone is 3. The molecule has 0 bridgehead atoms. The molecule has 2 N–H and O–H groups in total. The Hall–Kier alpha value is -3.90. The molecule has 170 valence electrons. The summed E-state index contributed by atoms with van der Waals surface area (Å²) in [7, 11) is 0.